The van der Waals surface area contributed by atoms with Crippen molar-refractivity contribution in [2.24, 2.45) is 5.41 Å². The molecule has 0 spiro atoms. The number of nitrogens with zero attached hydrogens (tertiary/aromatic N) is 1. The van der Waals surface area contributed by atoms with Crippen LogP contribution in [0.2, 0.25) is 0 Å². The Labute approximate surface area is 168 Å². The number of amides is 1. The predicted molar refractivity (Wildman–Crippen MR) is 106 cm³/mol. The molecule has 1 aliphatic carbocycles. The van der Waals surface area contributed by atoms with Gasteiger partial charge in [0.25, 0.3) is 5.91 Å². The fraction of sp³-hybridized carbons (Fsp3) is 0.333. The Balaban J connectivity index is 1.61. The normalized spacial score (nSPS) is 22.3. The van der Waals surface area contributed by atoms with Gasteiger partial charge in [-0.25, -0.2) is 0 Å². The Morgan fingerprint density at radius 1 is 1.00 bits per heavy atom. The predicted octanol–water partition coefficient (Wildman–Crippen LogP) is 4.58. The molecule has 4 nitrogen and oxygen atoms in total. The van der Waals surface area contributed by atoms with E-state index >= 15 is 0 Å². The minimum absolute atomic E-state index is 0.302. The lowest BCUT2D eigenvalue weighted by Crippen LogP contribution is -2.33. The Kier molecular flexibility index (Phi) is 4.44. The van der Waals surface area contributed by atoms with Gasteiger partial charge in [-0.05, 0) is 43.0 Å². The zero-order chi connectivity index (χ0) is 19.2. The Morgan fingerprint density at radius 3 is 1.96 bits per heavy atom. The SMILES string of the molecule is CC1(C(=O)OCC(=O)N2c3ccccc3CCc3ccccc32)CC1(Cl)Cl. The first-order chi connectivity index (χ1) is 12.8. The number of benzene rings is 2. The molecule has 1 unspecified atom stereocenters. The summed E-state index contributed by atoms with van der Waals surface area (Å²) in [7, 11) is 0. The van der Waals surface area contributed by atoms with Crippen LogP contribution in [0.15, 0.2) is 48.5 Å². The van der Waals surface area contributed by atoms with Crippen LogP contribution in [-0.4, -0.2) is 22.8 Å². The van der Waals surface area contributed by atoms with Crippen LogP contribution in [0.4, 0.5) is 11.4 Å². The van der Waals surface area contributed by atoms with Gasteiger partial charge < -0.3 is 4.74 Å². The van der Waals surface area contributed by atoms with Gasteiger partial charge in [0.05, 0.1) is 11.4 Å². The zero-order valence-corrected chi connectivity index (χ0v) is 16.4. The molecule has 1 saturated carbocycles. The molecule has 0 saturated heterocycles. The maximum atomic E-state index is 13.1. The van der Waals surface area contributed by atoms with Crippen LogP contribution >= 0.6 is 23.2 Å². The number of fused-ring (bicyclic) bond motifs is 2. The number of para-hydroxylation sites is 2. The first-order valence-corrected chi connectivity index (χ1v) is 9.63. The molecule has 1 heterocycles. The second-order valence-corrected chi connectivity index (χ2v) is 8.76. The van der Waals surface area contributed by atoms with E-state index in [1.807, 2.05) is 48.5 Å². The smallest absolute Gasteiger partial charge is 0.315 e. The van der Waals surface area contributed by atoms with Crippen molar-refractivity contribution in [1.82, 2.24) is 0 Å². The highest BCUT2D eigenvalue weighted by Crippen LogP contribution is 2.64. The summed E-state index contributed by atoms with van der Waals surface area (Å²) in [6.45, 7) is 1.29. The molecule has 27 heavy (non-hydrogen) atoms. The van der Waals surface area contributed by atoms with Gasteiger partial charge >= 0.3 is 5.97 Å². The monoisotopic (exact) mass is 403 g/mol. The molecule has 1 atom stereocenters. The number of rotatable bonds is 3. The van der Waals surface area contributed by atoms with E-state index < -0.39 is 15.7 Å². The number of esters is 1. The number of alkyl halides is 2. The summed E-state index contributed by atoms with van der Waals surface area (Å²) < 4.78 is 4.18. The molecule has 2 aromatic carbocycles. The molecule has 4 rings (SSSR count). The van der Waals surface area contributed by atoms with E-state index in [0.29, 0.717) is 6.42 Å². The summed E-state index contributed by atoms with van der Waals surface area (Å²) in [6, 6.07) is 15.6. The van der Waals surface area contributed by atoms with Crippen molar-refractivity contribution in [1.29, 1.82) is 0 Å². The minimum Gasteiger partial charge on any atom is -0.455 e. The van der Waals surface area contributed by atoms with E-state index in [9.17, 15) is 9.59 Å². The molecule has 1 aliphatic heterocycles. The average Bonchev–Trinajstić information content (AvgIpc) is 3.24. The molecule has 0 aromatic heterocycles. The van der Waals surface area contributed by atoms with Crippen LogP contribution in [0.3, 0.4) is 0 Å². The fourth-order valence-electron chi connectivity index (χ4n) is 3.52. The largest absolute Gasteiger partial charge is 0.455 e. The van der Waals surface area contributed by atoms with Crippen LogP contribution in [0.1, 0.15) is 24.5 Å². The van der Waals surface area contributed by atoms with Crippen LogP contribution in [-0.2, 0) is 27.2 Å². The van der Waals surface area contributed by atoms with Crippen molar-refractivity contribution in [3.05, 3.63) is 59.7 Å². The molecule has 2 aromatic rings. The first kappa shape index (κ1) is 18.3. The van der Waals surface area contributed by atoms with Crippen molar-refractivity contribution in [2.75, 3.05) is 11.5 Å². The molecule has 2 aliphatic rings. The summed E-state index contributed by atoms with van der Waals surface area (Å²) in [5.41, 5.74) is 2.87. The number of hydrogen-bond donors (Lipinski definition) is 0. The third-order valence-corrected chi connectivity index (χ3v) is 6.51. The van der Waals surface area contributed by atoms with E-state index in [1.165, 1.54) is 0 Å². The van der Waals surface area contributed by atoms with Gasteiger partial charge in [0.2, 0.25) is 0 Å². The third kappa shape index (κ3) is 3.11. The van der Waals surface area contributed by atoms with Crippen molar-refractivity contribution in [2.45, 2.75) is 30.5 Å². The quantitative estimate of drug-likeness (QED) is 0.556. The summed E-state index contributed by atoms with van der Waals surface area (Å²) in [5, 5.41) is 0. The molecule has 6 heteroatoms. The van der Waals surface area contributed by atoms with Gasteiger partial charge in [0.1, 0.15) is 9.75 Å². The van der Waals surface area contributed by atoms with Crippen LogP contribution < -0.4 is 4.90 Å². The summed E-state index contributed by atoms with van der Waals surface area (Å²) >= 11 is 12.1. The standard InChI is InChI=1S/C21H19Cl2NO3/c1-20(13-21(20,22)23)19(26)27-12-18(25)24-16-8-4-2-6-14(16)10-11-15-7-3-5-9-17(15)24/h2-9H,10-13H2,1H3. The topological polar surface area (TPSA) is 46.6 Å². The molecular weight excluding hydrogens is 385 g/mol. The Hall–Kier alpha value is -2.04. The number of ether oxygens (including phenoxy) is 1. The van der Waals surface area contributed by atoms with Crippen LogP contribution in [0, 0.1) is 5.41 Å². The number of aryl methyl sites for hydroxylation is 2. The highest BCUT2D eigenvalue weighted by Gasteiger charge is 2.69. The highest BCUT2D eigenvalue weighted by molar-refractivity contribution is 6.53. The number of carbonyl (C=O) groups is 2. The van der Waals surface area contributed by atoms with E-state index in [-0.39, 0.29) is 12.5 Å². The second kappa shape index (κ2) is 6.54. The molecule has 0 N–H and O–H groups in total. The van der Waals surface area contributed by atoms with E-state index in [4.69, 9.17) is 27.9 Å². The first-order valence-electron chi connectivity index (χ1n) is 8.87. The molecule has 0 radical (unpaired) electrons. The zero-order valence-electron chi connectivity index (χ0n) is 14.9. The lowest BCUT2D eigenvalue weighted by atomic mass is 10.0. The van der Waals surface area contributed by atoms with Crippen molar-refractivity contribution < 1.29 is 14.3 Å². The molecule has 1 fully saturated rings. The Bertz CT molecular complexity index is 880. The fourth-order valence-corrected chi connectivity index (χ4v) is 4.21. The number of hydrogen-bond acceptors (Lipinski definition) is 3. The van der Waals surface area contributed by atoms with Crippen molar-refractivity contribution in [3.8, 4) is 0 Å². The van der Waals surface area contributed by atoms with Gasteiger partial charge in [0.15, 0.2) is 6.61 Å². The lowest BCUT2D eigenvalue weighted by molar-refractivity contribution is -0.152. The van der Waals surface area contributed by atoms with Crippen molar-refractivity contribution >= 4 is 46.5 Å². The maximum Gasteiger partial charge on any atom is 0.315 e. The van der Waals surface area contributed by atoms with E-state index in [2.05, 4.69) is 0 Å². The van der Waals surface area contributed by atoms with E-state index in [1.54, 1.807) is 11.8 Å². The van der Waals surface area contributed by atoms with Crippen LogP contribution in [0.5, 0.6) is 0 Å². The molecular formula is C21H19Cl2NO3. The molecule has 0 bridgehead atoms. The molecule has 1 amide bonds. The van der Waals surface area contributed by atoms with Crippen molar-refractivity contribution in [3.63, 3.8) is 0 Å². The highest BCUT2D eigenvalue weighted by atomic mass is 35.5. The van der Waals surface area contributed by atoms with Crippen LogP contribution in [0.25, 0.3) is 0 Å². The van der Waals surface area contributed by atoms with E-state index in [0.717, 1.165) is 35.3 Å². The summed E-state index contributed by atoms with van der Waals surface area (Å²) in [6.07, 6.45) is 2.01. The average molecular weight is 404 g/mol. The lowest BCUT2D eigenvalue weighted by Gasteiger charge is -2.25. The van der Waals surface area contributed by atoms with Gasteiger partial charge in [-0.1, -0.05) is 36.4 Å². The maximum absolute atomic E-state index is 13.1. The van der Waals surface area contributed by atoms with Gasteiger partial charge in [-0.2, -0.15) is 0 Å². The third-order valence-electron chi connectivity index (χ3n) is 5.41. The summed E-state index contributed by atoms with van der Waals surface area (Å²) in [5.74, 6) is -0.846. The van der Waals surface area contributed by atoms with Gasteiger partial charge in [-0.3, -0.25) is 14.5 Å². The van der Waals surface area contributed by atoms with Gasteiger partial charge in [-0.15, -0.1) is 23.2 Å². The number of anilines is 2. The Morgan fingerprint density at radius 2 is 1.48 bits per heavy atom. The second-order valence-electron chi connectivity index (χ2n) is 7.28. The molecule has 140 valence electrons. The number of carbonyl (C=O) groups excluding carboxylic acids is 2. The minimum atomic E-state index is -1.12. The summed E-state index contributed by atoms with van der Waals surface area (Å²) in [4.78, 5) is 27.0. The van der Waals surface area contributed by atoms with Gasteiger partial charge in [0, 0.05) is 6.42 Å². The number of halogens is 2.